The minimum atomic E-state index is -4.78. The molecular formula is C20H16F3N3O2. The first kappa shape index (κ1) is 19.2. The molecular weight excluding hydrogens is 371 g/mol. The molecule has 1 N–H and O–H groups in total. The maximum atomic E-state index is 12.3. The lowest BCUT2D eigenvalue weighted by Gasteiger charge is -2.09. The topological polar surface area (TPSA) is 56.1 Å². The molecule has 8 heteroatoms. The van der Waals surface area contributed by atoms with Gasteiger partial charge in [-0.05, 0) is 35.4 Å². The van der Waals surface area contributed by atoms with Gasteiger partial charge in [0.2, 0.25) is 0 Å². The molecule has 3 rings (SSSR count). The fourth-order valence-corrected chi connectivity index (χ4v) is 2.58. The number of nitrogens with one attached hydrogen (secondary N) is 1. The lowest BCUT2D eigenvalue weighted by Crippen LogP contribution is -2.17. The van der Waals surface area contributed by atoms with Crippen LogP contribution in [0.3, 0.4) is 0 Å². The van der Waals surface area contributed by atoms with Gasteiger partial charge in [-0.2, -0.15) is 5.10 Å². The van der Waals surface area contributed by atoms with Crippen molar-refractivity contribution in [1.29, 1.82) is 0 Å². The molecule has 0 aliphatic carbocycles. The Labute approximate surface area is 159 Å². The first-order valence-electron chi connectivity index (χ1n) is 8.19. The number of carbonyl (C=O) groups is 1. The van der Waals surface area contributed by atoms with Crippen molar-refractivity contribution in [2.24, 2.45) is 7.05 Å². The Morgan fingerprint density at radius 1 is 1.14 bits per heavy atom. The second-order valence-corrected chi connectivity index (χ2v) is 5.89. The molecule has 3 aromatic rings. The van der Waals surface area contributed by atoms with Crippen molar-refractivity contribution in [2.45, 2.75) is 6.36 Å². The molecule has 2 aromatic carbocycles. The summed E-state index contributed by atoms with van der Waals surface area (Å²) in [5.41, 5.74) is 2.86. The van der Waals surface area contributed by atoms with Crippen LogP contribution in [-0.4, -0.2) is 22.1 Å². The van der Waals surface area contributed by atoms with E-state index in [4.69, 9.17) is 0 Å². The van der Waals surface area contributed by atoms with Gasteiger partial charge in [0, 0.05) is 18.7 Å². The number of rotatable bonds is 5. The lowest BCUT2D eigenvalue weighted by molar-refractivity contribution is -0.274. The van der Waals surface area contributed by atoms with Crippen molar-refractivity contribution in [3.8, 4) is 17.0 Å². The fourth-order valence-electron chi connectivity index (χ4n) is 2.58. The molecule has 28 heavy (non-hydrogen) atoms. The standard InChI is InChI=1S/C20H16F3N3O2/c1-3-13-4-6-14(7-5-13)17-12-18(25-26(17)2)24-19(27)15-8-10-16(11-9-15)28-20(21,22)23/h3-12H,1H2,2H3,(H,24,25,27). The number of carbonyl (C=O) groups excluding carboxylic acids is 1. The lowest BCUT2D eigenvalue weighted by atomic mass is 10.1. The number of aromatic nitrogens is 2. The third kappa shape index (κ3) is 4.59. The number of amides is 1. The van der Waals surface area contributed by atoms with Gasteiger partial charge in [0.1, 0.15) is 5.75 Å². The molecule has 1 heterocycles. The molecule has 1 aromatic heterocycles. The predicted molar refractivity (Wildman–Crippen MR) is 99.8 cm³/mol. The molecule has 0 spiro atoms. The average Bonchev–Trinajstić information content (AvgIpc) is 3.01. The van der Waals surface area contributed by atoms with E-state index >= 15 is 0 Å². The van der Waals surface area contributed by atoms with Gasteiger partial charge >= 0.3 is 6.36 Å². The molecule has 0 saturated heterocycles. The molecule has 1 amide bonds. The highest BCUT2D eigenvalue weighted by atomic mass is 19.4. The summed E-state index contributed by atoms with van der Waals surface area (Å²) in [5.74, 6) is -0.566. The van der Waals surface area contributed by atoms with Crippen molar-refractivity contribution in [1.82, 2.24) is 9.78 Å². The van der Waals surface area contributed by atoms with E-state index in [2.05, 4.69) is 21.7 Å². The zero-order chi connectivity index (χ0) is 20.3. The number of ether oxygens (including phenoxy) is 1. The first-order chi connectivity index (χ1) is 13.2. The SMILES string of the molecule is C=Cc1ccc(-c2cc(NC(=O)c3ccc(OC(F)(F)F)cc3)nn2C)cc1. The molecule has 0 unspecified atom stereocenters. The normalized spacial score (nSPS) is 11.1. The smallest absolute Gasteiger partial charge is 0.406 e. The average molecular weight is 387 g/mol. The molecule has 0 bridgehead atoms. The number of aryl methyl sites for hydroxylation is 1. The zero-order valence-corrected chi connectivity index (χ0v) is 14.8. The zero-order valence-electron chi connectivity index (χ0n) is 14.8. The number of halogens is 3. The van der Waals surface area contributed by atoms with Gasteiger partial charge < -0.3 is 10.1 Å². The van der Waals surface area contributed by atoms with Gasteiger partial charge in [0.15, 0.2) is 5.82 Å². The van der Waals surface area contributed by atoms with E-state index in [0.717, 1.165) is 29.0 Å². The van der Waals surface area contributed by atoms with Crippen LogP contribution in [0.15, 0.2) is 61.2 Å². The Morgan fingerprint density at radius 2 is 1.79 bits per heavy atom. The first-order valence-corrected chi connectivity index (χ1v) is 8.19. The largest absolute Gasteiger partial charge is 0.573 e. The maximum Gasteiger partial charge on any atom is 0.573 e. The third-order valence-corrected chi connectivity index (χ3v) is 3.91. The molecule has 0 radical (unpaired) electrons. The highest BCUT2D eigenvalue weighted by molar-refractivity contribution is 6.04. The van der Waals surface area contributed by atoms with Gasteiger partial charge in [-0.3, -0.25) is 9.48 Å². The summed E-state index contributed by atoms with van der Waals surface area (Å²) in [7, 11) is 1.75. The van der Waals surface area contributed by atoms with Crippen LogP contribution in [0.1, 0.15) is 15.9 Å². The summed E-state index contributed by atoms with van der Waals surface area (Å²) in [6.45, 7) is 3.71. The Balaban J connectivity index is 1.73. The summed E-state index contributed by atoms with van der Waals surface area (Å²) in [6.07, 6.45) is -3.04. The number of alkyl halides is 3. The summed E-state index contributed by atoms with van der Waals surface area (Å²) in [6, 6.07) is 14.0. The van der Waals surface area contributed by atoms with Crippen molar-refractivity contribution in [3.05, 3.63) is 72.3 Å². The molecule has 5 nitrogen and oxygen atoms in total. The number of benzene rings is 2. The van der Waals surface area contributed by atoms with Crippen LogP contribution in [0.25, 0.3) is 17.3 Å². The Kier molecular flexibility index (Phi) is 5.21. The van der Waals surface area contributed by atoms with E-state index < -0.39 is 18.0 Å². The minimum absolute atomic E-state index is 0.178. The highest BCUT2D eigenvalue weighted by Gasteiger charge is 2.31. The number of hydrogen-bond donors (Lipinski definition) is 1. The summed E-state index contributed by atoms with van der Waals surface area (Å²) in [4.78, 5) is 12.3. The summed E-state index contributed by atoms with van der Waals surface area (Å²) < 4.78 is 42.0. The van der Waals surface area contributed by atoms with Crippen LogP contribution < -0.4 is 10.1 Å². The number of hydrogen-bond acceptors (Lipinski definition) is 3. The molecule has 0 saturated carbocycles. The molecule has 0 aliphatic rings. The van der Waals surface area contributed by atoms with Gasteiger partial charge in [-0.15, -0.1) is 13.2 Å². The highest BCUT2D eigenvalue weighted by Crippen LogP contribution is 2.24. The van der Waals surface area contributed by atoms with Gasteiger partial charge in [0.25, 0.3) is 5.91 Å². The second-order valence-electron chi connectivity index (χ2n) is 5.89. The molecule has 0 aliphatic heterocycles. The van der Waals surface area contributed by atoms with Crippen molar-refractivity contribution in [2.75, 3.05) is 5.32 Å². The Bertz CT molecular complexity index is 991. The van der Waals surface area contributed by atoms with E-state index in [1.807, 2.05) is 24.3 Å². The van der Waals surface area contributed by atoms with Crippen LogP contribution in [0.5, 0.6) is 5.75 Å². The molecule has 144 valence electrons. The number of anilines is 1. The van der Waals surface area contributed by atoms with Crippen LogP contribution in [0.4, 0.5) is 19.0 Å². The van der Waals surface area contributed by atoms with Crippen LogP contribution in [-0.2, 0) is 7.05 Å². The van der Waals surface area contributed by atoms with Gasteiger partial charge in [-0.1, -0.05) is 36.9 Å². The van der Waals surface area contributed by atoms with Crippen molar-refractivity contribution in [3.63, 3.8) is 0 Å². The van der Waals surface area contributed by atoms with Crippen molar-refractivity contribution < 1.29 is 22.7 Å². The van der Waals surface area contributed by atoms with Gasteiger partial charge in [0.05, 0.1) is 5.69 Å². The number of nitrogens with zero attached hydrogens (tertiary/aromatic N) is 2. The van der Waals surface area contributed by atoms with E-state index in [0.29, 0.717) is 5.82 Å². The minimum Gasteiger partial charge on any atom is -0.406 e. The van der Waals surface area contributed by atoms with Crippen LogP contribution in [0.2, 0.25) is 0 Å². The summed E-state index contributed by atoms with van der Waals surface area (Å²) >= 11 is 0. The van der Waals surface area contributed by atoms with E-state index in [-0.39, 0.29) is 5.56 Å². The van der Waals surface area contributed by atoms with Crippen LogP contribution >= 0.6 is 0 Å². The quantitative estimate of drug-likeness (QED) is 0.679. The molecule has 0 fully saturated rings. The Hall–Kier alpha value is -3.55. The summed E-state index contributed by atoms with van der Waals surface area (Å²) in [5, 5.41) is 6.88. The fraction of sp³-hybridized carbons (Fsp3) is 0.100. The van der Waals surface area contributed by atoms with Crippen LogP contribution in [0, 0.1) is 0 Å². The van der Waals surface area contributed by atoms with E-state index in [1.54, 1.807) is 23.9 Å². The monoisotopic (exact) mass is 387 g/mol. The maximum absolute atomic E-state index is 12.3. The van der Waals surface area contributed by atoms with E-state index in [1.165, 1.54) is 12.1 Å². The van der Waals surface area contributed by atoms with Gasteiger partial charge in [-0.25, -0.2) is 0 Å². The second kappa shape index (κ2) is 7.59. The Morgan fingerprint density at radius 3 is 2.36 bits per heavy atom. The predicted octanol–water partition coefficient (Wildman–Crippen LogP) is 4.88. The van der Waals surface area contributed by atoms with E-state index in [9.17, 15) is 18.0 Å². The third-order valence-electron chi connectivity index (χ3n) is 3.91. The molecule has 0 atom stereocenters. The van der Waals surface area contributed by atoms with Crippen molar-refractivity contribution >= 4 is 17.8 Å².